The SMILES string of the molecule is CCN[C@H]1CO[C@@H](O[C@H]2[C@H](O[C@H]3C#C/C=C\C#C[C@]4(O)CC(=O)C(NC(=O)OC)=C3/C4=C\CSSC3CCC3)O[C@H](C)[C@@H](NO[C@H]3C[C@H](O)[C@H](SC(=O)c4c(C)c(I)c(O[C@@H]5O[C@@H](C)[C@H](O)[C@@H](OC)[C@H]5O)c(OC)c4OC)[C@@H](C)O3)[C@@H]2O)C[C@@H]1OC. The molecule has 0 spiro atoms. The van der Waals surface area contributed by atoms with Crippen molar-refractivity contribution in [2.75, 3.05) is 54.5 Å². The lowest BCUT2D eigenvalue weighted by molar-refractivity contribution is -0.336. The number of hydrogen-bond donors (Lipinski definition) is 8. The smallest absolute Gasteiger partial charge is 0.411 e. The van der Waals surface area contributed by atoms with Gasteiger partial charge in [-0.3, -0.25) is 19.7 Å². The largest absolute Gasteiger partial charge is 0.492 e. The summed E-state index contributed by atoms with van der Waals surface area (Å²) in [5.74, 6) is 11.5. The Bertz CT molecular complexity index is 2800. The van der Waals surface area contributed by atoms with Gasteiger partial charge in [-0.05, 0) is 87.4 Å². The lowest BCUT2D eigenvalue weighted by atomic mass is 9.75. The van der Waals surface area contributed by atoms with Crippen molar-refractivity contribution < 1.29 is 102 Å². The van der Waals surface area contributed by atoms with Crippen molar-refractivity contribution in [3.8, 4) is 40.9 Å². The molecule has 4 saturated heterocycles. The predicted molar refractivity (Wildman–Crippen MR) is 324 cm³/mol. The van der Waals surface area contributed by atoms with Crippen LogP contribution in [-0.4, -0.2) is 217 Å². The molecule has 8 N–H and O–H groups in total. The standard InChI is InChI=1S/C58H78IN3O21S3/c1-11-60-33-26-76-38(24-37(33)71-6)81-51-46(66)43(28(3)78-56(51)80-36-19-14-12-13-15-21-58(70)25-35(64)44(61-57(69)75-10)41(36)32(58)20-22-84-86-31-17-16-18-31)62-83-39-23-34(63)53(30(5)77-39)85-54(68)40-27(2)42(59)49(52(74-9)48(40)72-7)82-55-47(67)50(73-8)45(65)29(4)79-55/h12-13,20,28-31,33-34,36-39,43,45-47,50-51,53,55-56,60,62-63,65-67,70H,11,16-18,22-26H2,1-10H3,(H,61,69)/b13-12-,32-20+/t28-,29+,30-,33+,34+,36+,37+,38+,39+,43-,45+,46+,47-,50-,51-,53-,55+,56+,58+/m1/s1. The number of nitrogens with one attached hydrogen (secondary N) is 3. The van der Waals surface area contributed by atoms with Crippen molar-refractivity contribution >= 4 is 72.9 Å². The van der Waals surface area contributed by atoms with Gasteiger partial charge in [0.05, 0.1) is 97.0 Å². The van der Waals surface area contributed by atoms with Gasteiger partial charge in [-0.15, -0.1) is 0 Å². The second-order valence-electron chi connectivity index (χ2n) is 21.5. The second kappa shape index (κ2) is 31.2. The highest BCUT2D eigenvalue weighted by atomic mass is 127. The number of hydrogen-bond acceptors (Lipinski definition) is 26. The zero-order chi connectivity index (χ0) is 62.1. The minimum Gasteiger partial charge on any atom is -0.492 e. The first-order chi connectivity index (χ1) is 41.2. The van der Waals surface area contributed by atoms with Gasteiger partial charge >= 0.3 is 6.09 Å². The van der Waals surface area contributed by atoms with Gasteiger partial charge in [-0.1, -0.05) is 76.5 Å². The number of ether oxygens (including phenoxy) is 12. The molecule has 8 rings (SSSR count). The molecule has 86 heavy (non-hydrogen) atoms. The van der Waals surface area contributed by atoms with Crippen LogP contribution < -0.4 is 30.3 Å². The second-order valence-corrected chi connectivity index (χ2v) is 26.4. The van der Waals surface area contributed by atoms with Crippen molar-refractivity contribution in [3.05, 3.63) is 49.8 Å². The number of ketones is 1. The number of likely N-dealkylation sites (N-methyl/N-ethyl adjacent to an activating group) is 1. The van der Waals surface area contributed by atoms with Crippen molar-refractivity contribution in [2.24, 2.45) is 0 Å². The summed E-state index contributed by atoms with van der Waals surface area (Å²) >= 11 is 2.83. The lowest BCUT2D eigenvalue weighted by Crippen LogP contribution is -2.65. The van der Waals surface area contributed by atoms with E-state index in [4.69, 9.17) is 61.7 Å². The van der Waals surface area contributed by atoms with Crippen LogP contribution in [0.15, 0.2) is 35.1 Å². The van der Waals surface area contributed by atoms with Gasteiger partial charge in [0.25, 0.3) is 0 Å². The van der Waals surface area contributed by atoms with Gasteiger partial charge in [-0.2, -0.15) is 5.48 Å². The normalized spacial score (nSPS) is 36.4. The van der Waals surface area contributed by atoms with E-state index in [0.717, 1.165) is 38.1 Å². The predicted octanol–water partition coefficient (Wildman–Crippen LogP) is 3.47. The van der Waals surface area contributed by atoms with Gasteiger partial charge in [-0.25, -0.2) is 4.79 Å². The zero-order valence-electron chi connectivity index (χ0n) is 49.4. The summed E-state index contributed by atoms with van der Waals surface area (Å²) in [4.78, 5) is 47.8. The minimum absolute atomic E-state index is 0.00718. The Labute approximate surface area is 526 Å². The number of alkyl carbamates (subject to hydrolysis) is 1. The average Bonchev–Trinajstić information content (AvgIpc) is 0.872. The number of Topliss-reactive ketones (excluding diaryl/α,β-unsaturated/α-hetero) is 1. The highest BCUT2D eigenvalue weighted by Gasteiger charge is 2.52. The van der Waals surface area contributed by atoms with E-state index in [-0.39, 0.29) is 71.2 Å². The molecule has 24 nitrogen and oxygen atoms in total. The van der Waals surface area contributed by atoms with E-state index in [2.05, 4.69) is 39.8 Å². The number of carbonyl (C=O) groups excluding carboxylic acids is 3. The molecule has 2 bridgehead atoms. The van der Waals surface area contributed by atoms with E-state index < -0.39 is 127 Å². The number of rotatable bonds is 22. The molecule has 7 aliphatic rings. The maximum atomic E-state index is 14.5. The third-order valence-corrected chi connectivity index (χ3v) is 21.4. The van der Waals surface area contributed by atoms with Crippen LogP contribution in [0.1, 0.15) is 82.1 Å². The summed E-state index contributed by atoms with van der Waals surface area (Å²) in [6.07, 6.45) is -10.3. The molecular formula is C58H78IN3O21S3. The van der Waals surface area contributed by atoms with Crippen molar-refractivity contribution in [2.45, 2.75) is 194 Å². The van der Waals surface area contributed by atoms with Crippen molar-refractivity contribution in [3.63, 3.8) is 0 Å². The summed E-state index contributed by atoms with van der Waals surface area (Å²) in [5.41, 5.74) is 1.40. The molecule has 28 heteroatoms. The van der Waals surface area contributed by atoms with Crippen LogP contribution in [0, 0.1) is 34.2 Å². The zero-order valence-corrected chi connectivity index (χ0v) is 54.0. The molecule has 5 fully saturated rings. The third-order valence-electron chi connectivity index (χ3n) is 15.9. The molecule has 0 radical (unpaired) electrons. The van der Waals surface area contributed by atoms with Gasteiger partial charge < -0.3 is 87.7 Å². The molecule has 1 amide bonds. The molecule has 4 aliphatic heterocycles. The molecule has 19 atom stereocenters. The van der Waals surface area contributed by atoms with Crippen LogP contribution in [-0.2, 0) is 52.3 Å². The number of allylic oxidation sites excluding steroid dienone is 3. The Kier molecular flexibility index (Phi) is 24.9. The lowest BCUT2D eigenvalue weighted by Gasteiger charge is -2.46. The van der Waals surface area contributed by atoms with Gasteiger partial charge in [0.15, 0.2) is 41.8 Å². The molecule has 476 valence electrons. The number of benzene rings is 1. The topological polar surface area (TPSA) is 308 Å². The van der Waals surface area contributed by atoms with E-state index in [0.29, 0.717) is 26.7 Å². The number of fused-ring (bicyclic) bond motifs is 2. The van der Waals surface area contributed by atoms with Crippen LogP contribution in [0.25, 0.3) is 0 Å². The van der Waals surface area contributed by atoms with E-state index in [1.54, 1.807) is 62.5 Å². The highest BCUT2D eigenvalue weighted by molar-refractivity contribution is 14.1. The van der Waals surface area contributed by atoms with E-state index in [9.17, 15) is 39.9 Å². The molecule has 1 saturated carbocycles. The molecule has 0 unspecified atom stereocenters. The number of methoxy groups -OCH3 is 5. The summed E-state index contributed by atoms with van der Waals surface area (Å²) in [6, 6.07) is -1.26. The molecular weight excluding hydrogens is 1300 g/mol. The molecule has 1 aromatic carbocycles. The highest BCUT2D eigenvalue weighted by Crippen LogP contribution is 2.49. The number of hydroxylamine groups is 1. The Balaban J connectivity index is 1.02. The fourth-order valence-corrected chi connectivity index (χ4v) is 15.4. The van der Waals surface area contributed by atoms with Crippen LogP contribution in [0.4, 0.5) is 4.79 Å². The number of aliphatic hydroxyl groups excluding tert-OH is 4. The summed E-state index contributed by atoms with van der Waals surface area (Å²) < 4.78 is 72.8. The fourth-order valence-electron chi connectivity index (χ4n) is 11.0. The number of carbonyl (C=O) groups is 3. The fraction of sp³-hybridized carbons (Fsp3) is 0.672. The number of halogens is 1. The number of aliphatic hydroxyl groups is 5. The number of thioether (sulfide) groups is 1. The Morgan fingerprint density at radius 2 is 1.60 bits per heavy atom. The van der Waals surface area contributed by atoms with Crippen LogP contribution in [0.2, 0.25) is 0 Å². The monoisotopic (exact) mass is 1380 g/mol. The molecule has 1 aromatic rings. The maximum Gasteiger partial charge on any atom is 0.411 e. The maximum absolute atomic E-state index is 14.5. The Hall–Kier alpha value is -3.29. The van der Waals surface area contributed by atoms with Crippen molar-refractivity contribution in [1.82, 2.24) is 16.1 Å². The first kappa shape index (κ1) is 68.6. The van der Waals surface area contributed by atoms with Gasteiger partial charge in [0, 0.05) is 49.2 Å². The third kappa shape index (κ3) is 15.5. The summed E-state index contributed by atoms with van der Waals surface area (Å²) in [5, 5.41) is 63.4. The Morgan fingerprint density at radius 1 is 0.872 bits per heavy atom. The summed E-state index contributed by atoms with van der Waals surface area (Å²) in [6.45, 7) is 9.44. The molecule has 0 aromatic heterocycles. The molecule has 3 aliphatic carbocycles. The first-order valence-corrected chi connectivity index (χ1v) is 32.7. The quantitative estimate of drug-likeness (QED) is 0.0271. The van der Waals surface area contributed by atoms with Crippen LogP contribution in [0.5, 0.6) is 17.2 Å². The molecule has 4 heterocycles. The van der Waals surface area contributed by atoms with E-state index in [1.807, 2.05) is 29.5 Å². The minimum atomic E-state index is -2.04. The first-order valence-electron chi connectivity index (χ1n) is 28.4. The summed E-state index contributed by atoms with van der Waals surface area (Å²) in [7, 11) is 10.1. The van der Waals surface area contributed by atoms with Crippen LogP contribution in [0.3, 0.4) is 0 Å². The Morgan fingerprint density at radius 3 is 2.27 bits per heavy atom. The number of amides is 1. The van der Waals surface area contributed by atoms with Gasteiger partial charge in [0.1, 0.15) is 36.6 Å². The van der Waals surface area contributed by atoms with Crippen LogP contribution >= 0.6 is 55.9 Å². The van der Waals surface area contributed by atoms with E-state index in [1.165, 1.54) is 33.5 Å². The van der Waals surface area contributed by atoms with Gasteiger partial charge in [0.2, 0.25) is 17.2 Å². The van der Waals surface area contributed by atoms with E-state index >= 15 is 0 Å². The van der Waals surface area contributed by atoms with Crippen molar-refractivity contribution in [1.29, 1.82) is 0 Å². The average molecular weight is 1380 g/mol.